The minimum Gasteiger partial charge on any atom is -0.389 e. The highest BCUT2D eigenvalue weighted by atomic mass is 16.3. The summed E-state index contributed by atoms with van der Waals surface area (Å²) in [5.74, 6) is 0. The molecule has 1 atom stereocenters. The summed E-state index contributed by atoms with van der Waals surface area (Å²) in [6.45, 7) is 4.34. The highest BCUT2D eigenvalue weighted by Gasteiger charge is 2.12. The zero-order valence-electron chi connectivity index (χ0n) is 10.2. The van der Waals surface area contributed by atoms with Crippen LogP contribution in [0.15, 0.2) is 29.8 Å². The normalized spacial score (nSPS) is 20.7. The van der Waals surface area contributed by atoms with E-state index in [1.54, 1.807) is 0 Å². The van der Waals surface area contributed by atoms with E-state index in [0.29, 0.717) is 0 Å². The molecule has 16 heavy (non-hydrogen) atoms. The lowest BCUT2D eigenvalue weighted by molar-refractivity contribution is 0.202. The van der Waals surface area contributed by atoms with Crippen molar-refractivity contribution in [3.05, 3.63) is 46.5 Å². The van der Waals surface area contributed by atoms with Crippen molar-refractivity contribution in [2.75, 3.05) is 0 Å². The third-order valence-electron chi connectivity index (χ3n) is 3.47. The van der Waals surface area contributed by atoms with Gasteiger partial charge < -0.3 is 5.11 Å². The van der Waals surface area contributed by atoms with Gasteiger partial charge in [-0.15, -0.1) is 0 Å². The van der Waals surface area contributed by atoms with Gasteiger partial charge in [0.1, 0.15) is 0 Å². The molecule has 0 heterocycles. The number of rotatable bonds is 2. The highest BCUT2D eigenvalue weighted by Crippen LogP contribution is 2.24. The first-order valence-corrected chi connectivity index (χ1v) is 6.09. The Kier molecular flexibility index (Phi) is 3.45. The van der Waals surface area contributed by atoms with E-state index in [-0.39, 0.29) is 6.10 Å². The van der Waals surface area contributed by atoms with Gasteiger partial charge in [-0.25, -0.2) is 0 Å². The maximum absolute atomic E-state index is 9.62. The molecule has 1 aromatic carbocycles. The minimum absolute atomic E-state index is 0.215. The number of aliphatic hydroxyl groups is 1. The number of hydrogen-bond acceptors (Lipinski definition) is 1. The maximum Gasteiger partial charge on any atom is 0.0723 e. The third-order valence-corrected chi connectivity index (χ3v) is 3.47. The van der Waals surface area contributed by atoms with Crippen molar-refractivity contribution in [2.45, 2.75) is 45.6 Å². The van der Waals surface area contributed by atoms with E-state index < -0.39 is 0 Å². The molecule has 0 spiro atoms. The van der Waals surface area contributed by atoms with Crippen molar-refractivity contribution in [2.24, 2.45) is 0 Å². The molecule has 1 aromatic rings. The van der Waals surface area contributed by atoms with Crippen LogP contribution in [0.3, 0.4) is 0 Å². The summed E-state index contributed by atoms with van der Waals surface area (Å²) in [6, 6.07) is 6.45. The number of hydrogen-bond donors (Lipinski definition) is 1. The fraction of sp³-hybridized carbons (Fsp3) is 0.467. The predicted octanol–water partition coefficient (Wildman–Crippen LogP) is 3.32. The molecule has 0 amide bonds. The Balaban J connectivity index is 2.20. The van der Waals surface area contributed by atoms with Crippen LogP contribution in [0.5, 0.6) is 0 Å². The van der Waals surface area contributed by atoms with Gasteiger partial charge in [-0.2, -0.15) is 0 Å². The quantitative estimate of drug-likeness (QED) is 0.752. The monoisotopic (exact) mass is 216 g/mol. The molecule has 0 radical (unpaired) electrons. The Morgan fingerprint density at radius 3 is 2.56 bits per heavy atom. The summed E-state index contributed by atoms with van der Waals surface area (Å²) >= 11 is 0. The number of aliphatic hydroxyl groups excluding tert-OH is 1. The van der Waals surface area contributed by atoms with E-state index in [4.69, 9.17) is 0 Å². The van der Waals surface area contributed by atoms with Crippen molar-refractivity contribution in [1.29, 1.82) is 0 Å². The Bertz CT molecular complexity index is 384. The summed E-state index contributed by atoms with van der Waals surface area (Å²) in [5.41, 5.74) is 5.56. The van der Waals surface area contributed by atoms with Crippen molar-refractivity contribution in [3.63, 3.8) is 0 Å². The first-order chi connectivity index (χ1) is 7.66. The first-order valence-electron chi connectivity index (χ1n) is 6.09. The van der Waals surface area contributed by atoms with Crippen LogP contribution < -0.4 is 0 Å². The topological polar surface area (TPSA) is 20.2 Å². The molecule has 1 heteroatoms. The summed E-state index contributed by atoms with van der Waals surface area (Å²) in [7, 11) is 0. The molecule has 1 aliphatic carbocycles. The van der Waals surface area contributed by atoms with Gasteiger partial charge in [-0.1, -0.05) is 29.8 Å². The van der Waals surface area contributed by atoms with E-state index in [0.717, 1.165) is 25.7 Å². The van der Waals surface area contributed by atoms with Crippen LogP contribution in [0.4, 0.5) is 0 Å². The van der Waals surface area contributed by atoms with E-state index >= 15 is 0 Å². The van der Waals surface area contributed by atoms with Crippen LogP contribution in [0.1, 0.15) is 36.0 Å². The molecule has 0 saturated carbocycles. The van der Waals surface area contributed by atoms with Crippen LogP contribution in [0.25, 0.3) is 0 Å². The van der Waals surface area contributed by atoms with Crippen molar-refractivity contribution in [1.82, 2.24) is 0 Å². The lowest BCUT2D eigenvalue weighted by atomic mass is 9.89. The predicted molar refractivity (Wildman–Crippen MR) is 67.6 cm³/mol. The third kappa shape index (κ3) is 2.53. The molecular formula is C15H20O. The number of allylic oxidation sites excluding steroid dienone is 1. The first kappa shape index (κ1) is 11.4. The van der Waals surface area contributed by atoms with Crippen LogP contribution in [-0.4, -0.2) is 11.2 Å². The van der Waals surface area contributed by atoms with Gasteiger partial charge in [0, 0.05) is 0 Å². The van der Waals surface area contributed by atoms with Gasteiger partial charge in [0.2, 0.25) is 0 Å². The Labute approximate surface area is 97.8 Å². The van der Waals surface area contributed by atoms with Gasteiger partial charge in [0.05, 0.1) is 6.10 Å². The SMILES string of the molecule is Cc1cccc(C)c1CC1=CC(O)CCC1. The van der Waals surface area contributed by atoms with Gasteiger partial charge in [-0.05, 0) is 56.2 Å². The average Bonchev–Trinajstić information content (AvgIpc) is 2.24. The second kappa shape index (κ2) is 4.84. The Morgan fingerprint density at radius 2 is 1.94 bits per heavy atom. The zero-order chi connectivity index (χ0) is 11.5. The molecule has 1 N–H and O–H groups in total. The molecule has 1 nitrogen and oxygen atoms in total. The molecule has 0 aliphatic heterocycles. The van der Waals surface area contributed by atoms with Crippen molar-refractivity contribution in [3.8, 4) is 0 Å². The molecule has 0 bridgehead atoms. The highest BCUT2D eigenvalue weighted by molar-refractivity contribution is 5.37. The van der Waals surface area contributed by atoms with Crippen LogP contribution in [0.2, 0.25) is 0 Å². The maximum atomic E-state index is 9.62. The second-order valence-electron chi connectivity index (χ2n) is 4.83. The standard InChI is InChI=1S/C15H20O/c1-11-5-3-6-12(2)15(11)10-13-7-4-8-14(16)9-13/h3,5-6,9,14,16H,4,7-8,10H2,1-2H3. The van der Waals surface area contributed by atoms with Crippen LogP contribution in [0, 0.1) is 13.8 Å². The van der Waals surface area contributed by atoms with Crippen LogP contribution in [-0.2, 0) is 6.42 Å². The largest absolute Gasteiger partial charge is 0.389 e. The summed E-state index contributed by atoms with van der Waals surface area (Å²) in [6.07, 6.45) is 6.04. The molecule has 2 rings (SSSR count). The molecule has 0 fully saturated rings. The second-order valence-corrected chi connectivity index (χ2v) is 4.83. The number of benzene rings is 1. The van der Waals surface area contributed by atoms with Crippen molar-refractivity contribution < 1.29 is 5.11 Å². The summed E-state index contributed by atoms with van der Waals surface area (Å²) < 4.78 is 0. The van der Waals surface area contributed by atoms with Crippen molar-refractivity contribution >= 4 is 0 Å². The molecular weight excluding hydrogens is 196 g/mol. The number of aryl methyl sites for hydroxylation is 2. The molecule has 0 aromatic heterocycles. The van der Waals surface area contributed by atoms with E-state index in [1.165, 1.54) is 22.3 Å². The van der Waals surface area contributed by atoms with E-state index in [9.17, 15) is 5.11 Å². The van der Waals surface area contributed by atoms with Crippen LogP contribution >= 0.6 is 0 Å². The van der Waals surface area contributed by atoms with Gasteiger partial charge in [0.15, 0.2) is 0 Å². The fourth-order valence-corrected chi connectivity index (χ4v) is 2.48. The Morgan fingerprint density at radius 1 is 1.25 bits per heavy atom. The minimum atomic E-state index is -0.215. The average molecular weight is 216 g/mol. The zero-order valence-corrected chi connectivity index (χ0v) is 10.2. The van der Waals surface area contributed by atoms with E-state index in [1.807, 2.05) is 0 Å². The van der Waals surface area contributed by atoms with Gasteiger partial charge in [0.25, 0.3) is 0 Å². The fourth-order valence-electron chi connectivity index (χ4n) is 2.48. The molecule has 0 saturated heterocycles. The summed E-state index contributed by atoms with van der Waals surface area (Å²) in [5, 5.41) is 9.62. The smallest absolute Gasteiger partial charge is 0.0723 e. The molecule has 1 aliphatic rings. The van der Waals surface area contributed by atoms with E-state index in [2.05, 4.69) is 38.1 Å². The summed E-state index contributed by atoms with van der Waals surface area (Å²) in [4.78, 5) is 0. The molecule has 86 valence electrons. The molecule has 1 unspecified atom stereocenters. The van der Waals surface area contributed by atoms with Gasteiger partial charge >= 0.3 is 0 Å². The lowest BCUT2D eigenvalue weighted by Gasteiger charge is -2.18. The Hall–Kier alpha value is -1.08. The lowest BCUT2D eigenvalue weighted by Crippen LogP contribution is -2.10. The van der Waals surface area contributed by atoms with Gasteiger partial charge in [-0.3, -0.25) is 0 Å².